The topological polar surface area (TPSA) is 69.7 Å². The van der Waals surface area contributed by atoms with Crippen LogP contribution in [0.15, 0.2) is 29.2 Å². The van der Waals surface area contributed by atoms with Gasteiger partial charge in [0.1, 0.15) is 5.60 Å². The smallest absolute Gasteiger partial charge is 0.309 e. The van der Waals surface area contributed by atoms with E-state index in [0.717, 1.165) is 5.56 Å². The molecule has 2 rings (SSSR count). The molecule has 6 heteroatoms. The second kappa shape index (κ2) is 7.23. The summed E-state index contributed by atoms with van der Waals surface area (Å²) in [6.07, 6.45) is 1.87. The Hall–Kier alpha value is -1.40. The molecule has 0 bridgehead atoms. The molecule has 1 aliphatic carbocycles. The second-order valence-corrected chi connectivity index (χ2v) is 8.94. The molecule has 1 fully saturated rings. The molecule has 0 aliphatic heterocycles. The maximum absolute atomic E-state index is 12.3. The van der Waals surface area contributed by atoms with Gasteiger partial charge in [-0.2, -0.15) is 8.42 Å². The number of hydrogen-bond donors (Lipinski definition) is 0. The van der Waals surface area contributed by atoms with Gasteiger partial charge in [0, 0.05) is 0 Å². The van der Waals surface area contributed by atoms with Crippen LogP contribution in [-0.4, -0.2) is 26.1 Å². The third-order valence-electron chi connectivity index (χ3n) is 3.99. The van der Waals surface area contributed by atoms with E-state index in [-0.39, 0.29) is 22.9 Å². The molecule has 1 saturated carbocycles. The van der Waals surface area contributed by atoms with E-state index < -0.39 is 15.7 Å². The van der Waals surface area contributed by atoms with Gasteiger partial charge in [-0.25, -0.2) is 0 Å². The number of carbonyl (C=O) groups excluding carboxylic acids is 1. The van der Waals surface area contributed by atoms with Crippen molar-refractivity contribution in [2.24, 2.45) is 5.92 Å². The average molecular weight is 354 g/mol. The minimum Gasteiger partial charge on any atom is -0.460 e. The molecule has 1 aromatic carbocycles. The van der Waals surface area contributed by atoms with Gasteiger partial charge < -0.3 is 4.74 Å². The van der Waals surface area contributed by atoms with E-state index in [2.05, 4.69) is 0 Å². The summed E-state index contributed by atoms with van der Waals surface area (Å²) in [4.78, 5) is 12.2. The Kier molecular flexibility index (Phi) is 5.71. The third-order valence-corrected chi connectivity index (χ3v) is 5.36. The molecule has 134 valence electrons. The molecule has 24 heavy (non-hydrogen) atoms. The first-order valence-electron chi connectivity index (χ1n) is 8.30. The summed E-state index contributed by atoms with van der Waals surface area (Å²) in [6.45, 7) is 7.42. The van der Waals surface area contributed by atoms with Crippen LogP contribution in [0.2, 0.25) is 0 Å². The zero-order valence-electron chi connectivity index (χ0n) is 14.7. The van der Waals surface area contributed by atoms with Crippen LogP contribution < -0.4 is 0 Å². The lowest BCUT2D eigenvalue weighted by molar-refractivity contribution is -0.161. The fourth-order valence-corrected chi connectivity index (χ4v) is 3.85. The Bertz CT molecular complexity index is 662. The molecule has 0 saturated heterocycles. The van der Waals surface area contributed by atoms with Crippen molar-refractivity contribution in [1.29, 1.82) is 0 Å². The number of ether oxygens (including phenoxy) is 1. The Morgan fingerprint density at radius 1 is 1.04 bits per heavy atom. The van der Waals surface area contributed by atoms with Crippen molar-refractivity contribution in [2.45, 2.75) is 70.0 Å². The highest BCUT2D eigenvalue weighted by Crippen LogP contribution is 2.30. The molecule has 0 radical (unpaired) electrons. The van der Waals surface area contributed by atoms with Gasteiger partial charge in [-0.15, -0.1) is 0 Å². The molecule has 0 unspecified atom stereocenters. The molecule has 0 spiro atoms. The standard InChI is InChI=1S/C18H26O5S/c1-13-5-11-16(12-6-13)24(20,21)23-15-9-7-14(8-10-15)17(19)22-18(2,3)4/h5-6,11-12,14-15H,7-10H2,1-4H3/t14-,15-. The SMILES string of the molecule is Cc1ccc(S(=O)(=O)O[C@H]2CC[C@H](C(=O)OC(C)(C)C)CC2)cc1. The van der Waals surface area contributed by atoms with Gasteiger partial charge >= 0.3 is 5.97 Å². The van der Waals surface area contributed by atoms with Crippen LogP contribution in [0, 0.1) is 12.8 Å². The summed E-state index contributed by atoms with van der Waals surface area (Å²) in [5.41, 5.74) is 0.492. The van der Waals surface area contributed by atoms with Crippen LogP contribution in [-0.2, 0) is 23.8 Å². The summed E-state index contributed by atoms with van der Waals surface area (Å²) < 4.78 is 35.4. The fraction of sp³-hybridized carbons (Fsp3) is 0.611. The molecule has 1 aliphatic rings. The second-order valence-electron chi connectivity index (χ2n) is 7.37. The zero-order chi connectivity index (χ0) is 18.0. The number of carbonyl (C=O) groups is 1. The molecule has 0 N–H and O–H groups in total. The first-order chi connectivity index (χ1) is 11.1. The first-order valence-corrected chi connectivity index (χ1v) is 9.70. The number of benzene rings is 1. The lowest BCUT2D eigenvalue weighted by Gasteiger charge is -2.29. The Balaban J connectivity index is 1.91. The van der Waals surface area contributed by atoms with E-state index in [9.17, 15) is 13.2 Å². The molecule has 5 nitrogen and oxygen atoms in total. The summed E-state index contributed by atoms with van der Waals surface area (Å²) >= 11 is 0. The van der Waals surface area contributed by atoms with Crippen molar-refractivity contribution < 1.29 is 22.1 Å². The highest BCUT2D eigenvalue weighted by molar-refractivity contribution is 7.86. The monoisotopic (exact) mass is 354 g/mol. The highest BCUT2D eigenvalue weighted by atomic mass is 32.2. The lowest BCUT2D eigenvalue weighted by atomic mass is 9.87. The van der Waals surface area contributed by atoms with Gasteiger partial charge in [-0.3, -0.25) is 8.98 Å². The normalized spacial score (nSPS) is 22.2. The van der Waals surface area contributed by atoms with E-state index in [1.807, 2.05) is 27.7 Å². The van der Waals surface area contributed by atoms with E-state index >= 15 is 0 Å². The number of esters is 1. The van der Waals surface area contributed by atoms with E-state index in [1.54, 1.807) is 24.3 Å². The van der Waals surface area contributed by atoms with Crippen molar-refractivity contribution in [2.75, 3.05) is 0 Å². The van der Waals surface area contributed by atoms with Crippen LogP contribution in [0.5, 0.6) is 0 Å². The van der Waals surface area contributed by atoms with Crippen LogP contribution in [0.1, 0.15) is 52.0 Å². The quantitative estimate of drug-likeness (QED) is 0.610. The minimum absolute atomic E-state index is 0.169. The predicted molar refractivity (Wildman–Crippen MR) is 91.0 cm³/mol. The molecular formula is C18H26O5S. The van der Waals surface area contributed by atoms with Crippen LogP contribution >= 0.6 is 0 Å². The van der Waals surface area contributed by atoms with Crippen molar-refractivity contribution in [3.8, 4) is 0 Å². The van der Waals surface area contributed by atoms with Gasteiger partial charge in [0.15, 0.2) is 0 Å². The summed E-state index contributed by atoms with van der Waals surface area (Å²) in [5, 5.41) is 0. The maximum atomic E-state index is 12.3. The molecule has 0 amide bonds. The van der Waals surface area contributed by atoms with Crippen LogP contribution in [0.3, 0.4) is 0 Å². The van der Waals surface area contributed by atoms with Gasteiger partial charge in [0.25, 0.3) is 10.1 Å². The number of rotatable bonds is 4. The third kappa shape index (κ3) is 5.31. The molecule has 1 aromatic rings. The molecule has 0 aromatic heterocycles. The maximum Gasteiger partial charge on any atom is 0.309 e. The highest BCUT2D eigenvalue weighted by Gasteiger charge is 2.32. The summed E-state index contributed by atoms with van der Waals surface area (Å²) in [7, 11) is -3.76. The van der Waals surface area contributed by atoms with E-state index in [1.165, 1.54) is 0 Å². The van der Waals surface area contributed by atoms with Gasteiger partial charge in [0.05, 0.1) is 16.9 Å². The minimum atomic E-state index is -3.76. The average Bonchev–Trinajstić information content (AvgIpc) is 2.46. The lowest BCUT2D eigenvalue weighted by Crippen LogP contribution is -2.33. The summed E-state index contributed by atoms with van der Waals surface area (Å²) in [6, 6.07) is 6.60. The number of hydrogen-bond acceptors (Lipinski definition) is 5. The van der Waals surface area contributed by atoms with Gasteiger partial charge in [0.2, 0.25) is 0 Å². The fourth-order valence-electron chi connectivity index (χ4n) is 2.72. The van der Waals surface area contributed by atoms with Crippen molar-refractivity contribution in [1.82, 2.24) is 0 Å². The van der Waals surface area contributed by atoms with Crippen LogP contribution in [0.4, 0.5) is 0 Å². The van der Waals surface area contributed by atoms with Crippen molar-refractivity contribution in [3.63, 3.8) is 0 Å². The molecule has 0 atom stereocenters. The predicted octanol–water partition coefficient (Wildman–Crippen LogP) is 3.60. The largest absolute Gasteiger partial charge is 0.460 e. The van der Waals surface area contributed by atoms with Crippen LogP contribution in [0.25, 0.3) is 0 Å². The van der Waals surface area contributed by atoms with Crippen molar-refractivity contribution in [3.05, 3.63) is 29.8 Å². The number of aryl methyl sites for hydroxylation is 1. The van der Waals surface area contributed by atoms with E-state index in [4.69, 9.17) is 8.92 Å². The molecular weight excluding hydrogens is 328 g/mol. The Labute approximate surface area is 144 Å². The molecule has 0 heterocycles. The van der Waals surface area contributed by atoms with Gasteiger partial charge in [-0.1, -0.05) is 17.7 Å². The first kappa shape index (κ1) is 18.9. The summed E-state index contributed by atoms with van der Waals surface area (Å²) in [5.74, 6) is -0.381. The Morgan fingerprint density at radius 2 is 1.58 bits per heavy atom. The van der Waals surface area contributed by atoms with Crippen molar-refractivity contribution >= 4 is 16.1 Å². The zero-order valence-corrected chi connectivity index (χ0v) is 15.6. The van der Waals surface area contributed by atoms with Gasteiger partial charge in [-0.05, 0) is 65.5 Å². The van der Waals surface area contributed by atoms with E-state index in [0.29, 0.717) is 25.7 Å². The Morgan fingerprint density at radius 3 is 2.08 bits per heavy atom.